The molecule has 0 aliphatic carbocycles. The van der Waals surface area contributed by atoms with Gasteiger partial charge in [-0.1, -0.05) is 15.9 Å². The lowest BCUT2D eigenvalue weighted by molar-refractivity contribution is 0.335. The van der Waals surface area contributed by atoms with Crippen LogP contribution in [-0.4, -0.2) is 6.61 Å². The molecule has 1 atom stereocenters. The number of hydrogen-bond acceptors (Lipinski definition) is 3. The molecule has 2 nitrogen and oxygen atoms in total. The Bertz CT molecular complexity index is 484. The van der Waals surface area contributed by atoms with Crippen molar-refractivity contribution in [1.82, 2.24) is 0 Å². The summed E-state index contributed by atoms with van der Waals surface area (Å²) in [5.74, 6) is 0.856. The number of ether oxygens (including phenoxy) is 1. The third-order valence-electron chi connectivity index (χ3n) is 2.51. The standard InChI is InChI=1S/C13H14BrNOS/c1-2-16-12-4-3-10(14)7-11(12)13(15)9-5-6-17-8-9/h3-8,13H,2,15H2,1H3. The zero-order valence-corrected chi connectivity index (χ0v) is 11.9. The molecule has 0 bridgehead atoms. The fourth-order valence-electron chi connectivity index (χ4n) is 1.68. The van der Waals surface area contributed by atoms with Gasteiger partial charge in [-0.2, -0.15) is 11.3 Å². The van der Waals surface area contributed by atoms with Crippen molar-refractivity contribution in [1.29, 1.82) is 0 Å². The normalized spacial score (nSPS) is 12.4. The van der Waals surface area contributed by atoms with Gasteiger partial charge in [0.2, 0.25) is 0 Å². The van der Waals surface area contributed by atoms with Crippen LogP contribution in [0.3, 0.4) is 0 Å². The van der Waals surface area contributed by atoms with Crippen LogP contribution in [0, 0.1) is 0 Å². The molecule has 1 heterocycles. The van der Waals surface area contributed by atoms with Crippen molar-refractivity contribution in [3.05, 3.63) is 50.6 Å². The Labute approximate surface area is 114 Å². The summed E-state index contributed by atoms with van der Waals surface area (Å²) in [5, 5.41) is 4.11. The Morgan fingerprint density at radius 2 is 2.24 bits per heavy atom. The third-order valence-corrected chi connectivity index (χ3v) is 3.70. The summed E-state index contributed by atoms with van der Waals surface area (Å²) >= 11 is 5.12. The Hall–Kier alpha value is -0.840. The van der Waals surface area contributed by atoms with Crippen LogP contribution in [0.15, 0.2) is 39.5 Å². The maximum Gasteiger partial charge on any atom is 0.124 e. The molecular weight excluding hydrogens is 298 g/mol. The van der Waals surface area contributed by atoms with Gasteiger partial charge in [0.15, 0.2) is 0 Å². The van der Waals surface area contributed by atoms with Crippen LogP contribution in [0.25, 0.3) is 0 Å². The molecule has 2 rings (SSSR count). The first-order valence-electron chi connectivity index (χ1n) is 5.42. The topological polar surface area (TPSA) is 35.2 Å². The fraction of sp³-hybridized carbons (Fsp3) is 0.231. The highest BCUT2D eigenvalue weighted by Crippen LogP contribution is 2.31. The van der Waals surface area contributed by atoms with Gasteiger partial charge in [-0.3, -0.25) is 0 Å². The predicted molar refractivity (Wildman–Crippen MR) is 75.7 cm³/mol. The van der Waals surface area contributed by atoms with E-state index in [1.54, 1.807) is 11.3 Å². The van der Waals surface area contributed by atoms with Crippen LogP contribution < -0.4 is 10.5 Å². The average molecular weight is 312 g/mol. The first-order valence-corrected chi connectivity index (χ1v) is 7.16. The van der Waals surface area contributed by atoms with Crippen LogP contribution in [0.5, 0.6) is 5.75 Å². The van der Waals surface area contributed by atoms with Gasteiger partial charge in [-0.25, -0.2) is 0 Å². The maximum absolute atomic E-state index is 6.27. The van der Waals surface area contributed by atoms with Gasteiger partial charge in [0.05, 0.1) is 12.6 Å². The van der Waals surface area contributed by atoms with E-state index >= 15 is 0 Å². The lowest BCUT2D eigenvalue weighted by Gasteiger charge is -2.16. The highest BCUT2D eigenvalue weighted by atomic mass is 79.9. The molecule has 0 aliphatic rings. The van der Waals surface area contributed by atoms with E-state index in [9.17, 15) is 0 Å². The van der Waals surface area contributed by atoms with Crippen molar-refractivity contribution in [3.8, 4) is 5.75 Å². The van der Waals surface area contributed by atoms with Gasteiger partial charge in [0.1, 0.15) is 5.75 Å². The van der Waals surface area contributed by atoms with Crippen molar-refractivity contribution in [3.63, 3.8) is 0 Å². The van der Waals surface area contributed by atoms with Crippen molar-refractivity contribution < 1.29 is 4.74 Å². The second kappa shape index (κ2) is 5.67. The zero-order valence-electron chi connectivity index (χ0n) is 9.52. The van der Waals surface area contributed by atoms with E-state index in [4.69, 9.17) is 10.5 Å². The maximum atomic E-state index is 6.27. The number of nitrogens with two attached hydrogens (primary N) is 1. The summed E-state index contributed by atoms with van der Waals surface area (Å²) < 4.78 is 6.63. The summed E-state index contributed by atoms with van der Waals surface area (Å²) in [6.45, 7) is 2.62. The molecule has 1 unspecified atom stereocenters. The molecule has 1 aromatic carbocycles. The number of halogens is 1. The Balaban J connectivity index is 2.38. The molecule has 1 aromatic heterocycles. The first kappa shape index (κ1) is 12.6. The summed E-state index contributed by atoms with van der Waals surface area (Å²) in [6.07, 6.45) is 0. The van der Waals surface area contributed by atoms with Crippen LogP contribution in [0.4, 0.5) is 0 Å². The monoisotopic (exact) mass is 311 g/mol. The molecule has 2 aromatic rings. The van der Waals surface area contributed by atoms with E-state index in [0.29, 0.717) is 6.61 Å². The van der Waals surface area contributed by atoms with Crippen LogP contribution in [0.2, 0.25) is 0 Å². The van der Waals surface area contributed by atoms with Gasteiger partial charge < -0.3 is 10.5 Å². The number of thiophene rings is 1. The minimum Gasteiger partial charge on any atom is -0.494 e. The summed E-state index contributed by atoms with van der Waals surface area (Å²) in [7, 11) is 0. The zero-order chi connectivity index (χ0) is 12.3. The molecule has 0 saturated carbocycles. The molecule has 4 heteroatoms. The smallest absolute Gasteiger partial charge is 0.124 e. The molecule has 2 N–H and O–H groups in total. The molecule has 0 fully saturated rings. The van der Waals surface area contributed by atoms with E-state index in [-0.39, 0.29) is 6.04 Å². The highest BCUT2D eigenvalue weighted by molar-refractivity contribution is 9.10. The van der Waals surface area contributed by atoms with E-state index in [1.165, 1.54) is 0 Å². The molecule has 17 heavy (non-hydrogen) atoms. The van der Waals surface area contributed by atoms with Gasteiger partial charge in [-0.15, -0.1) is 0 Å². The van der Waals surface area contributed by atoms with E-state index < -0.39 is 0 Å². The fourth-order valence-corrected chi connectivity index (χ4v) is 2.76. The van der Waals surface area contributed by atoms with E-state index in [0.717, 1.165) is 21.3 Å². The molecular formula is C13H14BrNOS. The number of benzene rings is 1. The molecule has 0 radical (unpaired) electrons. The minimum atomic E-state index is -0.139. The van der Waals surface area contributed by atoms with E-state index in [2.05, 4.69) is 21.3 Å². The van der Waals surface area contributed by atoms with Crippen LogP contribution >= 0.6 is 27.3 Å². The van der Waals surface area contributed by atoms with Crippen molar-refractivity contribution in [2.75, 3.05) is 6.61 Å². The lowest BCUT2D eigenvalue weighted by Crippen LogP contribution is -2.12. The van der Waals surface area contributed by atoms with Gasteiger partial charge in [-0.05, 0) is 47.5 Å². The summed E-state index contributed by atoms with van der Waals surface area (Å²) in [5.41, 5.74) is 8.40. The SMILES string of the molecule is CCOc1ccc(Br)cc1C(N)c1ccsc1. The van der Waals surface area contributed by atoms with Gasteiger partial charge in [0.25, 0.3) is 0 Å². The second-order valence-corrected chi connectivity index (χ2v) is 5.35. The van der Waals surface area contributed by atoms with Gasteiger partial charge >= 0.3 is 0 Å². The van der Waals surface area contributed by atoms with E-state index in [1.807, 2.05) is 36.6 Å². The molecule has 0 amide bonds. The molecule has 90 valence electrons. The molecule has 0 aliphatic heterocycles. The van der Waals surface area contributed by atoms with Crippen molar-refractivity contribution in [2.24, 2.45) is 5.73 Å². The highest BCUT2D eigenvalue weighted by Gasteiger charge is 2.15. The van der Waals surface area contributed by atoms with Crippen LogP contribution in [-0.2, 0) is 0 Å². The van der Waals surface area contributed by atoms with Crippen molar-refractivity contribution >= 4 is 27.3 Å². The summed E-state index contributed by atoms with van der Waals surface area (Å²) in [4.78, 5) is 0. The summed E-state index contributed by atoms with van der Waals surface area (Å²) in [6, 6.07) is 7.85. The molecule has 0 saturated heterocycles. The van der Waals surface area contributed by atoms with Crippen molar-refractivity contribution in [2.45, 2.75) is 13.0 Å². The predicted octanol–water partition coefficient (Wildman–Crippen LogP) is 3.96. The van der Waals surface area contributed by atoms with Crippen LogP contribution in [0.1, 0.15) is 24.1 Å². The number of hydrogen-bond donors (Lipinski definition) is 1. The average Bonchev–Trinajstić information content (AvgIpc) is 2.84. The second-order valence-electron chi connectivity index (χ2n) is 3.65. The van der Waals surface area contributed by atoms with Gasteiger partial charge in [0, 0.05) is 10.0 Å². The molecule has 0 spiro atoms. The Morgan fingerprint density at radius 3 is 2.88 bits per heavy atom. The largest absolute Gasteiger partial charge is 0.494 e. The Morgan fingerprint density at radius 1 is 1.41 bits per heavy atom. The minimum absolute atomic E-state index is 0.139. The third kappa shape index (κ3) is 2.89. The Kier molecular flexibility index (Phi) is 4.20. The lowest BCUT2D eigenvalue weighted by atomic mass is 10.0. The number of rotatable bonds is 4. The quantitative estimate of drug-likeness (QED) is 0.927. The first-order chi connectivity index (χ1) is 8.22.